The number of hydrogen-bond acceptors (Lipinski definition) is 1. The molecule has 0 unspecified atom stereocenters. The van der Waals surface area contributed by atoms with E-state index in [1.807, 2.05) is 0 Å². The third-order valence-corrected chi connectivity index (χ3v) is 4.44. The largest absolute Gasteiger partial charge is 0.313 e. The first-order valence-corrected chi connectivity index (χ1v) is 8.52. The monoisotopic (exact) mass is 273 g/mol. The third kappa shape index (κ3) is 5.66. The minimum atomic E-state index is 0.745. The van der Waals surface area contributed by atoms with Crippen LogP contribution in [0.3, 0.4) is 0 Å². The molecule has 1 N–H and O–H groups in total. The van der Waals surface area contributed by atoms with Gasteiger partial charge in [0.1, 0.15) is 0 Å². The Balaban J connectivity index is 1.58. The Morgan fingerprint density at radius 3 is 2.35 bits per heavy atom. The Morgan fingerprint density at radius 1 is 1.05 bits per heavy atom. The average Bonchev–Trinajstić information content (AvgIpc) is 2.93. The molecule has 0 radical (unpaired) electrons. The van der Waals surface area contributed by atoms with E-state index in [1.165, 1.54) is 62.6 Å². The fourth-order valence-corrected chi connectivity index (χ4v) is 3.31. The maximum atomic E-state index is 3.59. The van der Waals surface area contributed by atoms with Crippen LogP contribution in [0.4, 0.5) is 0 Å². The van der Waals surface area contributed by atoms with Gasteiger partial charge in [0.05, 0.1) is 0 Å². The molecule has 0 bridgehead atoms. The summed E-state index contributed by atoms with van der Waals surface area (Å²) < 4.78 is 0. The molecule has 1 aliphatic carbocycles. The Morgan fingerprint density at radius 2 is 1.70 bits per heavy atom. The fraction of sp³-hybridized carbons (Fsp3) is 0.684. The molecular formula is C19H31N. The van der Waals surface area contributed by atoms with E-state index in [1.54, 1.807) is 0 Å². The molecule has 1 saturated carbocycles. The topological polar surface area (TPSA) is 12.0 Å². The van der Waals surface area contributed by atoms with E-state index in [4.69, 9.17) is 0 Å². The van der Waals surface area contributed by atoms with Gasteiger partial charge in [-0.25, -0.2) is 0 Å². The van der Waals surface area contributed by atoms with E-state index in [-0.39, 0.29) is 0 Å². The Labute approximate surface area is 125 Å². The van der Waals surface area contributed by atoms with Crippen molar-refractivity contribution in [2.24, 2.45) is 11.8 Å². The number of nitrogens with one attached hydrogen (secondary N) is 1. The number of benzene rings is 1. The normalized spacial score (nSPS) is 16.1. The van der Waals surface area contributed by atoms with E-state index in [0.717, 1.165) is 18.4 Å². The molecule has 1 fully saturated rings. The van der Waals surface area contributed by atoms with E-state index < -0.39 is 0 Å². The van der Waals surface area contributed by atoms with Gasteiger partial charge < -0.3 is 5.32 Å². The quantitative estimate of drug-likeness (QED) is 0.661. The Bertz CT molecular complexity index is 360. The summed E-state index contributed by atoms with van der Waals surface area (Å²) in [6, 6.07) is 9.13. The van der Waals surface area contributed by atoms with Gasteiger partial charge in [-0.05, 0) is 48.8 Å². The van der Waals surface area contributed by atoms with Crippen molar-refractivity contribution in [2.45, 2.75) is 65.3 Å². The molecule has 0 aliphatic heterocycles. The zero-order valence-electron chi connectivity index (χ0n) is 13.3. The van der Waals surface area contributed by atoms with E-state index >= 15 is 0 Å². The third-order valence-electron chi connectivity index (χ3n) is 4.44. The van der Waals surface area contributed by atoms with Gasteiger partial charge in [0.2, 0.25) is 0 Å². The molecule has 1 aliphatic rings. The summed E-state index contributed by atoms with van der Waals surface area (Å²) >= 11 is 0. The van der Waals surface area contributed by atoms with Gasteiger partial charge in [-0.3, -0.25) is 0 Å². The molecule has 1 heteroatoms. The first kappa shape index (κ1) is 15.6. The van der Waals surface area contributed by atoms with Gasteiger partial charge >= 0.3 is 0 Å². The second kappa shape index (κ2) is 8.46. The summed E-state index contributed by atoms with van der Waals surface area (Å²) in [7, 11) is 0. The summed E-state index contributed by atoms with van der Waals surface area (Å²) in [5, 5.41) is 3.59. The van der Waals surface area contributed by atoms with E-state index in [0.29, 0.717) is 0 Å². The maximum absolute atomic E-state index is 3.59. The maximum Gasteiger partial charge on any atom is 0.0205 e. The lowest BCUT2D eigenvalue weighted by molar-refractivity contribution is 0.470. The highest BCUT2D eigenvalue weighted by Gasteiger charge is 2.13. The molecule has 20 heavy (non-hydrogen) atoms. The lowest BCUT2D eigenvalue weighted by atomic mass is 10.0. The minimum Gasteiger partial charge on any atom is -0.313 e. The van der Waals surface area contributed by atoms with Crippen molar-refractivity contribution in [1.82, 2.24) is 5.32 Å². The lowest BCUT2D eigenvalue weighted by Gasteiger charge is -2.10. The van der Waals surface area contributed by atoms with E-state index in [9.17, 15) is 0 Å². The van der Waals surface area contributed by atoms with Crippen molar-refractivity contribution in [3.05, 3.63) is 35.4 Å². The smallest absolute Gasteiger partial charge is 0.0205 e. The van der Waals surface area contributed by atoms with Crippen molar-refractivity contribution in [3.63, 3.8) is 0 Å². The van der Waals surface area contributed by atoms with Gasteiger partial charge in [0.15, 0.2) is 0 Å². The summed E-state index contributed by atoms with van der Waals surface area (Å²) in [5.41, 5.74) is 2.88. The van der Waals surface area contributed by atoms with Crippen LogP contribution in [0.5, 0.6) is 0 Å². The van der Waals surface area contributed by atoms with Crippen molar-refractivity contribution < 1.29 is 0 Å². The predicted octanol–water partition coefficient (Wildman–Crippen LogP) is 4.95. The number of rotatable bonds is 8. The molecule has 0 spiro atoms. The van der Waals surface area contributed by atoms with Gasteiger partial charge in [0.25, 0.3) is 0 Å². The molecule has 0 saturated heterocycles. The van der Waals surface area contributed by atoms with Gasteiger partial charge in [-0.2, -0.15) is 0 Å². The zero-order valence-corrected chi connectivity index (χ0v) is 13.3. The lowest BCUT2D eigenvalue weighted by Crippen LogP contribution is -2.15. The van der Waals surface area contributed by atoms with Crippen LogP contribution in [0.25, 0.3) is 0 Å². The highest BCUT2D eigenvalue weighted by atomic mass is 14.8. The second-order valence-corrected chi connectivity index (χ2v) is 6.88. The fourth-order valence-electron chi connectivity index (χ4n) is 3.31. The average molecular weight is 273 g/mol. The summed E-state index contributed by atoms with van der Waals surface area (Å²) in [5.74, 6) is 1.78. The first-order valence-electron chi connectivity index (χ1n) is 8.52. The van der Waals surface area contributed by atoms with Crippen LogP contribution in [0.15, 0.2) is 24.3 Å². The Hall–Kier alpha value is -0.820. The molecule has 2 rings (SSSR count). The molecule has 0 heterocycles. The summed E-state index contributed by atoms with van der Waals surface area (Å²) in [6.07, 6.45) is 9.88. The predicted molar refractivity (Wildman–Crippen MR) is 87.9 cm³/mol. The first-order chi connectivity index (χ1) is 9.74. The van der Waals surface area contributed by atoms with Crippen LogP contribution >= 0.6 is 0 Å². The summed E-state index contributed by atoms with van der Waals surface area (Å²) in [4.78, 5) is 0. The highest BCUT2D eigenvalue weighted by molar-refractivity contribution is 5.22. The van der Waals surface area contributed by atoms with Gasteiger partial charge in [0, 0.05) is 6.54 Å². The van der Waals surface area contributed by atoms with E-state index in [2.05, 4.69) is 43.4 Å². The van der Waals surface area contributed by atoms with Crippen molar-refractivity contribution in [3.8, 4) is 0 Å². The van der Waals surface area contributed by atoms with Crippen molar-refractivity contribution >= 4 is 0 Å². The zero-order chi connectivity index (χ0) is 14.2. The molecule has 1 aromatic rings. The SMILES string of the molecule is CC(C)Cc1ccc(CNCCCC2CCCC2)cc1. The molecule has 1 nitrogen and oxygen atoms in total. The molecule has 0 aromatic heterocycles. The number of hydrogen-bond donors (Lipinski definition) is 1. The molecular weight excluding hydrogens is 242 g/mol. The molecule has 112 valence electrons. The van der Waals surface area contributed by atoms with Crippen LogP contribution in [-0.2, 0) is 13.0 Å². The minimum absolute atomic E-state index is 0.745. The van der Waals surface area contributed by atoms with Crippen molar-refractivity contribution in [2.75, 3.05) is 6.54 Å². The van der Waals surface area contributed by atoms with Crippen LogP contribution in [0.1, 0.15) is 63.5 Å². The van der Waals surface area contributed by atoms with Gasteiger partial charge in [-0.15, -0.1) is 0 Å². The molecule has 0 atom stereocenters. The van der Waals surface area contributed by atoms with Crippen LogP contribution in [-0.4, -0.2) is 6.54 Å². The van der Waals surface area contributed by atoms with Gasteiger partial charge in [-0.1, -0.05) is 63.8 Å². The highest BCUT2D eigenvalue weighted by Crippen LogP contribution is 2.28. The van der Waals surface area contributed by atoms with Crippen LogP contribution < -0.4 is 5.32 Å². The summed E-state index contributed by atoms with van der Waals surface area (Å²) in [6.45, 7) is 6.75. The second-order valence-electron chi connectivity index (χ2n) is 6.88. The molecule has 1 aromatic carbocycles. The van der Waals surface area contributed by atoms with Crippen molar-refractivity contribution in [1.29, 1.82) is 0 Å². The van der Waals surface area contributed by atoms with Crippen LogP contribution in [0.2, 0.25) is 0 Å². The Kier molecular flexibility index (Phi) is 6.59. The van der Waals surface area contributed by atoms with Crippen LogP contribution in [0, 0.1) is 11.8 Å². The molecule has 0 amide bonds. The standard InChI is InChI=1S/C19H31N/c1-16(2)14-18-9-11-19(12-10-18)15-20-13-5-8-17-6-3-4-7-17/h9-12,16-17,20H,3-8,13-15H2,1-2H3.